The lowest BCUT2D eigenvalue weighted by Crippen LogP contribution is -2.07. The van der Waals surface area contributed by atoms with E-state index in [1.54, 1.807) is 42.5 Å². The lowest BCUT2D eigenvalue weighted by Gasteiger charge is -2.12. The number of aryl methyl sites for hydroxylation is 1. The second kappa shape index (κ2) is 7.97. The highest BCUT2D eigenvalue weighted by atomic mass is 16.5. The first-order chi connectivity index (χ1) is 13.1. The molecule has 2 N–H and O–H groups in total. The van der Waals surface area contributed by atoms with Crippen molar-refractivity contribution < 1.29 is 9.53 Å². The molecule has 7 heteroatoms. The molecule has 0 amide bonds. The zero-order valence-corrected chi connectivity index (χ0v) is 14.9. The molecule has 0 unspecified atom stereocenters. The smallest absolute Gasteiger partial charge is 0.339 e. The van der Waals surface area contributed by atoms with Gasteiger partial charge in [0, 0.05) is 11.8 Å². The van der Waals surface area contributed by atoms with Gasteiger partial charge in [0.2, 0.25) is 5.95 Å². The number of para-hydroxylation sites is 2. The number of anilines is 4. The fraction of sp³-hybridized carbons (Fsp3) is 0.100. The van der Waals surface area contributed by atoms with Crippen molar-refractivity contribution in [3.8, 4) is 6.07 Å². The zero-order valence-electron chi connectivity index (χ0n) is 14.9. The Labute approximate surface area is 156 Å². The molecular weight excluding hydrogens is 342 g/mol. The number of nitrogens with one attached hydrogen (secondary N) is 2. The average Bonchev–Trinajstić information content (AvgIpc) is 2.68. The minimum absolute atomic E-state index is 0.343. The van der Waals surface area contributed by atoms with E-state index in [-0.39, 0.29) is 0 Å². The van der Waals surface area contributed by atoms with E-state index in [4.69, 9.17) is 4.74 Å². The Balaban J connectivity index is 1.91. The van der Waals surface area contributed by atoms with Crippen molar-refractivity contribution in [2.45, 2.75) is 6.92 Å². The molecule has 0 saturated carbocycles. The summed E-state index contributed by atoms with van der Waals surface area (Å²) in [7, 11) is 1.34. The van der Waals surface area contributed by atoms with Crippen LogP contribution >= 0.6 is 0 Å². The van der Waals surface area contributed by atoms with Crippen LogP contribution in [0, 0.1) is 18.3 Å². The minimum atomic E-state index is -0.440. The Bertz CT molecular complexity index is 1030. The molecular formula is C20H17N5O2. The molecule has 3 aromatic rings. The molecule has 27 heavy (non-hydrogen) atoms. The molecule has 0 fully saturated rings. The van der Waals surface area contributed by atoms with Gasteiger partial charge in [-0.05, 0) is 31.2 Å². The third-order valence-corrected chi connectivity index (χ3v) is 3.74. The Hall–Kier alpha value is -3.92. The molecule has 0 bridgehead atoms. The van der Waals surface area contributed by atoms with Gasteiger partial charge in [-0.25, -0.2) is 9.78 Å². The normalized spacial score (nSPS) is 9.96. The number of nitriles is 1. The number of hydrogen-bond donors (Lipinski definition) is 2. The quantitative estimate of drug-likeness (QED) is 0.666. The first-order valence-electron chi connectivity index (χ1n) is 8.17. The lowest BCUT2D eigenvalue weighted by atomic mass is 10.2. The minimum Gasteiger partial charge on any atom is -0.465 e. The number of benzene rings is 2. The molecule has 1 heterocycles. The molecule has 0 aliphatic rings. The highest BCUT2D eigenvalue weighted by Crippen LogP contribution is 2.23. The summed E-state index contributed by atoms with van der Waals surface area (Å²) in [4.78, 5) is 20.7. The van der Waals surface area contributed by atoms with E-state index in [9.17, 15) is 10.1 Å². The van der Waals surface area contributed by atoms with Crippen molar-refractivity contribution in [1.29, 1.82) is 5.26 Å². The van der Waals surface area contributed by atoms with Crippen molar-refractivity contribution >= 4 is 29.1 Å². The van der Waals surface area contributed by atoms with Gasteiger partial charge in [-0.2, -0.15) is 10.2 Å². The Morgan fingerprint density at radius 3 is 2.48 bits per heavy atom. The Morgan fingerprint density at radius 1 is 1.04 bits per heavy atom. The summed E-state index contributed by atoms with van der Waals surface area (Å²) < 4.78 is 4.81. The van der Waals surface area contributed by atoms with E-state index in [0.29, 0.717) is 34.3 Å². The summed E-state index contributed by atoms with van der Waals surface area (Å²) in [6.45, 7) is 1.83. The van der Waals surface area contributed by atoms with Gasteiger partial charge in [0.05, 0.1) is 29.6 Å². The number of esters is 1. The third kappa shape index (κ3) is 4.19. The number of methoxy groups -OCH3 is 1. The molecule has 7 nitrogen and oxygen atoms in total. The van der Waals surface area contributed by atoms with Crippen LogP contribution in [0.15, 0.2) is 54.6 Å². The molecule has 0 atom stereocenters. The van der Waals surface area contributed by atoms with Crippen LogP contribution in [0.3, 0.4) is 0 Å². The maximum atomic E-state index is 11.9. The van der Waals surface area contributed by atoms with Gasteiger partial charge in [-0.3, -0.25) is 0 Å². The van der Waals surface area contributed by atoms with Gasteiger partial charge < -0.3 is 15.4 Å². The monoisotopic (exact) mass is 359 g/mol. The molecule has 3 rings (SSSR count). The predicted octanol–water partition coefficient (Wildman–Crippen LogP) is 3.93. The van der Waals surface area contributed by atoms with E-state index in [1.165, 1.54) is 7.11 Å². The van der Waals surface area contributed by atoms with Crippen molar-refractivity contribution in [2.75, 3.05) is 17.7 Å². The highest BCUT2D eigenvalue weighted by molar-refractivity contribution is 5.96. The Kier molecular flexibility index (Phi) is 5.28. The van der Waals surface area contributed by atoms with Crippen LogP contribution in [0.4, 0.5) is 23.1 Å². The maximum Gasteiger partial charge on any atom is 0.339 e. The highest BCUT2D eigenvalue weighted by Gasteiger charge is 2.12. The SMILES string of the molecule is COC(=O)c1ccccc1Nc1cc(C)nc(Nc2ccccc2C#N)n1. The topological polar surface area (TPSA) is 99.9 Å². The molecule has 0 aliphatic heterocycles. The van der Waals surface area contributed by atoms with Crippen LogP contribution in [0.25, 0.3) is 0 Å². The first-order valence-corrected chi connectivity index (χ1v) is 8.17. The summed E-state index contributed by atoms with van der Waals surface area (Å²) in [5, 5.41) is 15.4. The molecule has 2 aromatic carbocycles. The van der Waals surface area contributed by atoms with Crippen molar-refractivity contribution in [1.82, 2.24) is 9.97 Å². The fourth-order valence-corrected chi connectivity index (χ4v) is 2.52. The number of carbonyl (C=O) groups is 1. The molecule has 0 radical (unpaired) electrons. The van der Waals surface area contributed by atoms with Crippen LogP contribution in [0.5, 0.6) is 0 Å². The molecule has 0 spiro atoms. The number of aromatic nitrogens is 2. The molecule has 0 aliphatic carbocycles. The fourth-order valence-electron chi connectivity index (χ4n) is 2.52. The van der Waals surface area contributed by atoms with E-state index in [2.05, 4.69) is 26.7 Å². The Morgan fingerprint density at radius 2 is 1.74 bits per heavy atom. The number of rotatable bonds is 5. The van der Waals surface area contributed by atoms with E-state index in [1.807, 2.05) is 19.1 Å². The van der Waals surface area contributed by atoms with Crippen molar-refractivity contribution in [3.05, 3.63) is 71.4 Å². The number of nitrogens with zero attached hydrogens (tertiary/aromatic N) is 3. The molecule has 0 saturated heterocycles. The largest absolute Gasteiger partial charge is 0.465 e. The van der Waals surface area contributed by atoms with Gasteiger partial charge in [0.1, 0.15) is 11.9 Å². The van der Waals surface area contributed by atoms with Crippen molar-refractivity contribution in [2.24, 2.45) is 0 Å². The standard InChI is InChI=1S/C20H17N5O2/c1-13-11-18(23-17-10-6-4-8-15(17)19(26)27-2)25-20(22-13)24-16-9-5-3-7-14(16)12-21/h3-11H,1-2H3,(H2,22,23,24,25). The van der Waals surface area contributed by atoms with Crippen LogP contribution in [-0.2, 0) is 4.74 Å². The summed E-state index contributed by atoms with van der Waals surface area (Å²) in [5.74, 6) is 0.414. The second-order valence-corrected chi connectivity index (χ2v) is 5.66. The summed E-state index contributed by atoms with van der Waals surface area (Å²) in [5.41, 5.74) is 2.81. The van der Waals surface area contributed by atoms with E-state index < -0.39 is 5.97 Å². The van der Waals surface area contributed by atoms with Crippen LogP contribution < -0.4 is 10.6 Å². The van der Waals surface area contributed by atoms with Gasteiger partial charge in [0.15, 0.2) is 0 Å². The van der Waals surface area contributed by atoms with Crippen molar-refractivity contribution in [3.63, 3.8) is 0 Å². The first kappa shape index (κ1) is 17.9. The van der Waals surface area contributed by atoms with Gasteiger partial charge in [-0.15, -0.1) is 0 Å². The number of ether oxygens (including phenoxy) is 1. The average molecular weight is 359 g/mol. The lowest BCUT2D eigenvalue weighted by molar-refractivity contribution is 0.0602. The number of carbonyl (C=O) groups excluding carboxylic acids is 1. The summed E-state index contributed by atoms with van der Waals surface area (Å²) in [6, 6.07) is 18.0. The van der Waals surface area contributed by atoms with Gasteiger partial charge >= 0.3 is 5.97 Å². The molecule has 134 valence electrons. The van der Waals surface area contributed by atoms with Gasteiger partial charge in [0.25, 0.3) is 0 Å². The summed E-state index contributed by atoms with van der Waals surface area (Å²) >= 11 is 0. The number of hydrogen-bond acceptors (Lipinski definition) is 7. The predicted molar refractivity (Wildman–Crippen MR) is 102 cm³/mol. The van der Waals surface area contributed by atoms with Crippen LogP contribution in [0.1, 0.15) is 21.6 Å². The third-order valence-electron chi connectivity index (χ3n) is 3.74. The molecule has 1 aromatic heterocycles. The summed E-state index contributed by atoms with van der Waals surface area (Å²) in [6.07, 6.45) is 0. The van der Waals surface area contributed by atoms with Crippen LogP contribution in [-0.4, -0.2) is 23.0 Å². The van der Waals surface area contributed by atoms with E-state index >= 15 is 0 Å². The maximum absolute atomic E-state index is 11.9. The van der Waals surface area contributed by atoms with Crippen LogP contribution in [0.2, 0.25) is 0 Å². The second-order valence-electron chi connectivity index (χ2n) is 5.66. The zero-order chi connectivity index (χ0) is 19.2. The van der Waals surface area contributed by atoms with Gasteiger partial charge in [-0.1, -0.05) is 24.3 Å². The van der Waals surface area contributed by atoms with E-state index in [0.717, 1.165) is 5.69 Å².